The van der Waals surface area contributed by atoms with Crippen LogP contribution in [0.2, 0.25) is 0 Å². The van der Waals surface area contributed by atoms with Gasteiger partial charge in [-0.25, -0.2) is 4.79 Å². The highest BCUT2D eigenvalue weighted by molar-refractivity contribution is 5.67. The number of likely N-dealkylation sites (N-methyl/N-ethyl adjacent to an activating group) is 1. The van der Waals surface area contributed by atoms with E-state index in [4.69, 9.17) is 14.2 Å². The maximum absolute atomic E-state index is 11.3. The summed E-state index contributed by atoms with van der Waals surface area (Å²) in [6, 6.07) is 0. The normalized spacial score (nSPS) is 10.5. The van der Waals surface area contributed by atoms with Crippen LogP contribution in [0.5, 0.6) is 0 Å². The molecule has 1 amide bonds. The molecule has 0 aliphatic carbocycles. The fourth-order valence-corrected chi connectivity index (χ4v) is 0.829. The van der Waals surface area contributed by atoms with Gasteiger partial charge in [-0.2, -0.15) is 0 Å². The van der Waals surface area contributed by atoms with Crippen molar-refractivity contribution < 1.29 is 19.0 Å². The van der Waals surface area contributed by atoms with E-state index in [2.05, 4.69) is 0 Å². The van der Waals surface area contributed by atoms with E-state index >= 15 is 0 Å². The van der Waals surface area contributed by atoms with Crippen molar-refractivity contribution in [1.82, 2.24) is 4.90 Å². The predicted octanol–water partition coefficient (Wildman–Crippen LogP) is 1.13. The van der Waals surface area contributed by atoms with Crippen molar-refractivity contribution in [2.45, 2.75) is 20.0 Å². The average Bonchev–Trinajstić information content (AvgIpc) is 2.16. The molecule has 0 aromatic rings. The van der Waals surface area contributed by atoms with Gasteiger partial charge >= 0.3 is 6.09 Å². The third kappa shape index (κ3) is 8.20. The Labute approximate surface area is 91.3 Å². The third-order valence-electron chi connectivity index (χ3n) is 1.65. The zero-order valence-corrected chi connectivity index (χ0v) is 9.99. The molecule has 0 saturated heterocycles. The van der Waals surface area contributed by atoms with Gasteiger partial charge in [0.1, 0.15) is 0 Å². The fraction of sp³-hybridized carbons (Fsp3) is 0.900. The summed E-state index contributed by atoms with van der Waals surface area (Å²) < 4.78 is 15.0. The number of ether oxygens (including phenoxy) is 3. The van der Waals surface area contributed by atoms with Crippen LogP contribution >= 0.6 is 0 Å². The zero-order chi connectivity index (χ0) is 11.7. The molecule has 0 N–H and O–H groups in total. The Morgan fingerprint density at radius 3 is 2.47 bits per heavy atom. The van der Waals surface area contributed by atoms with Crippen LogP contribution in [0.4, 0.5) is 4.79 Å². The van der Waals surface area contributed by atoms with Gasteiger partial charge in [-0.3, -0.25) is 0 Å². The van der Waals surface area contributed by atoms with Gasteiger partial charge in [0, 0.05) is 20.7 Å². The minimum atomic E-state index is -0.319. The molecule has 0 aromatic heterocycles. The monoisotopic (exact) mass is 219 g/mol. The lowest BCUT2D eigenvalue weighted by Crippen LogP contribution is -2.32. The standard InChI is InChI=1S/C10H21NO4/c1-9(2)15-10(12)11(3)5-6-14-8-7-13-4/h9H,5-8H2,1-4H3. The Morgan fingerprint density at radius 1 is 1.27 bits per heavy atom. The second-order valence-corrected chi connectivity index (χ2v) is 3.46. The molecule has 0 saturated carbocycles. The Hall–Kier alpha value is -0.810. The largest absolute Gasteiger partial charge is 0.447 e. The molecule has 0 bridgehead atoms. The van der Waals surface area contributed by atoms with E-state index in [0.717, 1.165) is 0 Å². The Bertz CT molecular complexity index is 173. The van der Waals surface area contributed by atoms with Crippen molar-refractivity contribution in [3.8, 4) is 0 Å². The molecule has 0 spiro atoms. The lowest BCUT2D eigenvalue weighted by atomic mass is 10.5. The van der Waals surface area contributed by atoms with Crippen LogP contribution in [-0.4, -0.2) is 57.6 Å². The number of amides is 1. The maximum Gasteiger partial charge on any atom is 0.409 e. The van der Waals surface area contributed by atoms with E-state index in [9.17, 15) is 4.79 Å². The van der Waals surface area contributed by atoms with Crippen molar-refractivity contribution in [2.24, 2.45) is 0 Å². The van der Waals surface area contributed by atoms with Crippen molar-refractivity contribution in [3.05, 3.63) is 0 Å². The van der Waals surface area contributed by atoms with Crippen molar-refractivity contribution in [2.75, 3.05) is 40.5 Å². The number of hydrogen-bond acceptors (Lipinski definition) is 4. The lowest BCUT2D eigenvalue weighted by Gasteiger charge is -2.18. The topological polar surface area (TPSA) is 48.0 Å². The molecule has 0 heterocycles. The molecule has 0 fully saturated rings. The SMILES string of the molecule is COCCOCCN(C)C(=O)OC(C)C. The molecule has 5 nitrogen and oxygen atoms in total. The number of rotatable bonds is 7. The van der Waals surface area contributed by atoms with Crippen LogP contribution in [-0.2, 0) is 14.2 Å². The molecular weight excluding hydrogens is 198 g/mol. The summed E-state index contributed by atoms with van der Waals surface area (Å²) in [5.74, 6) is 0. The van der Waals surface area contributed by atoms with Crippen LogP contribution in [0.25, 0.3) is 0 Å². The van der Waals surface area contributed by atoms with Gasteiger partial charge in [0.25, 0.3) is 0 Å². The predicted molar refractivity (Wildman–Crippen MR) is 56.9 cm³/mol. The zero-order valence-electron chi connectivity index (χ0n) is 9.99. The minimum Gasteiger partial charge on any atom is -0.447 e. The molecule has 90 valence electrons. The van der Waals surface area contributed by atoms with E-state index in [1.54, 1.807) is 14.2 Å². The number of carbonyl (C=O) groups is 1. The highest BCUT2D eigenvalue weighted by Crippen LogP contribution is 1.95. The summed E-state index contributed by atoms with van der Waals surface area (Å²) in [5, 5.41) is 0. The third-order valence-corrected chi connectivity index (χ3v) is 1.65. The fourth-order valence-electron chi connectivity index (χ4n) is 0.829. The summed E-state index contributed by atoms with van der Waals surface area (Å²) >= 11 is 0. The molecule has 0 atom stereocenters. The summed E-state index contributed by atoms with van der Waals surface area (Å²) in [5.41, 5.74) is 0. The molecule has 0 aromatic carbocycles. The van der Waals surface area contributed by atoms with Gasteiger partial charge in [-0.1, -0.05) is 0 Å². The van der Waals surface area contributed by atoms with Crippen LogP contribution < -0.4 is 0 Å². The number of carbonyl (C=O) groups excluding carboxylic acids is 1. The van der Waals surface area contributed by atoms with E-state index in [0.29, 0.717) is 26.4 Å². The lowest BCUT2D eigenvalue weighted by molar-refractivity contribution is 0.0486. The van der Waals surface area contributed by atoms with Gasteiger partial charge in [-0.05, 0) is 13.8 Å². The van der Waals surface area contributed by atoms with E-state index in [1.165, 1.54) is 4.90 Å². The first-order valence-corrected chi connectivity index (χ1v) is 5.06. The van der Waals surface area contributed by atoms with Crippen LogP contribution in [0.15, 0.2) is 0 Å². The molecule has 0 radical (unpaired) electrons. The van der Waals surface area contributed by atoms with Gasteiger partial charge in [-0.15, -0.1) is 0 Å². The first-order chi connectivity index (χ1) is 7.07. The number of hydrogen-bond donors (Lipinski definition) is 0. The van der Waals surface area contributed by atoms with Crippen LogP contribution in [0.3, 0.4) is 0 Å². The molecule has 0 unspecified atom stereocenters. The van der Waals surface area contributed by atoms with E-state index in [-0.39, 0.29) is 12.2 Å². The summed E-state index contributed by atoms with van der Waals surface area (Å²) in [6.45, 7) is 5.77. The van der Waals surface area contributed by atoms with Gasteiger partial charge in [0.15, 0.2) is 0 Å². The first kappa shape index (κ1) is 14.2. The molecule has 0 rings (SSSR count). The molecule has 0 aliphatic heterocycles. The second kappa shape index (κ2) is 8.49. The smallest absolute Gasteiger partial charge is 0.409 e. The summed E-state index contributed by atoms with van der Waals surface area (Å²) in [7, 11) is 3.31. The summed E-state index contributed by atoms with van der Waals surface area (Å²) in [4.78, 5) is 12.8. The van der Waals surface area contributed by atoms with Crippen molar-refractivity contribution in [1.29, 1.82) is 0 Å². The average molecular weight is 219 g/mol. The molecular formula is C10H21NO4. The van der Waals surface area contributed by atoms with Crippen molar-refractivity contribution >= 4 is 6.09 Å². The van der Waals surface area contributed by atoms with Crippen LogP contribution in [0, 0.1) is 0 Å². The van der Waals surface area contributed by atoms with Crippen molar-refractivity contribution in [3.63, 3.8) is 0 Å². The summed E-state index contributed by atoms with van der Waals surface area (Å²) in [6.07, 6.45) is -0.408. The Morgan fingerprint density at radius 2 is 1.93 bits per heavy atom. The highest BCUT2D eigenvalue weighted by Gasteiger charge is 2.10. The van der Waals surface area contributed by atoms with Crippen LogP contribution in [0.1, 0.15) is 13.8 Å². The number of nitrogens with zero attached hydrogens (tertiary/aromatic N) is 1. The Kier molecular flexibility index (Phi) is 8.04. The first-order valence-electron chi connectivity index (χ1n) is 5.06. The highest BCUT2D eigenvalue weighted by atomic mass is 16.6. The quantitative estimate of drug-likeness (QED) is 0.602. The van der Waals surface area contributed by atoms with Gasteiger partial charge < -0.3 is 19.1 Å². The molecule has 0 aliphatic rings. The van der Waals surface area contributed by atoms with E-state index in [1.807, 2.05) is 13.8 Å². The van der Waals surface area contributed by atoms with E-state index < -0.39 is 0 Å². The van der Waals surface area contributed by atoms with Gasteiger partial charge in [0.2, 0.25) is 0 Å². The Balaban J connectivity index is 3.47. The minimum absolute atomic E-state index is 0.0886. The second-order valence-electron chi connectivity index (χ2n) is 3.46. The maximum atomic E-state index is 11.3. The molecule has 5 heteroatoms. The molecule has 15 heavy (non-hydrogen) atoms. The number of methoxy groups -OCH3 is 1. The van der Waals surface area contributed by atoms with Gasteiger partial charge in [0.05, 0.1) is 25.9 Å².